The minimum absolute atomic E-state index is 0. The van der Waals surface area contributed by atoms with Crippen LogP contribution in [0.1, 0.15) is 0 Å². The molecule has 0 amide bonds. The van der Waals surface area contributed by atoms with Crippen LogP contribution in [0.3, 0.4) is 0 Å². The molecule has 0 saturated carbocycles. The van der Waals surface area contributed by atoms with Crippen molar-refractivity contribution >= 4 is 48.3 Å². The van der Waals surface area contributed by atoms with Gasteiger partial charge in [-0.1, -0.05) is 0 Å². The van der Waals surface area contributed by atoms with Gasteiger partial charge in [0.1, 0.15) is 0 Å². The van der Waals surface area contributed by atoms with Gasteiger partial charge in [0.15, 0.2) is 0 Å². The van der Waals surface area contributed by atoms with E-state index in [1.54, 1.807) is 0 Å². The second-order valence-corrected chi connectivity index (χ2v) is 0. The molecule has 0 aliphatic rings. The molecule has 0 aromatic rings. The Morgan fingerprint density at radius 2 is 1.00 bits per heavy atom. The summed E-state index contributed by atoms with van der Waals surface area (Å²) in [7, 11) is 0. The van der Waals surface area contributed by atoms with E-state index in [0.29, 0.717) is 0 Å². The fourth-order valence-corrected chi connectivity index (χ4v) is 0. The third-order valence-corrected chi connectivity index (χ3v) is 0. The van der Waals surface area contributed by atoms with Crippen molar-refractivity contribution in [3.05, 3.63) is 0 Å². The summed E-state index contributed by atoms with van der Waals surface area (Å²) in [5, 5.41) is 0. The van der Waals surface area contributed by atoms with Gasteiger partial charge in [0.25, 0.3) is 0 Å². The monoisotopic (exact) mass is 348 g/mol. The second-order valence-electron chi connectivity index (χ2n) is 0. The Labute approximate surface area is 85.3 Å². The summed E-state index contributed by atoms with van der Waals surface area (Å²) >= 11 is 0. The third-order valence-electron chi connectivity index (χ3n) is 0. The van der Waals surface area contributed by atoms with Crippen LogP contribution < -0.4 is 0 Å². The SMILES string of the molecule is [Co].[Sb].[Sn].[Ti]. The predicted octanol–water partition coefficient (Wildman–Crippen LogP) is -0.767. The molecule has 0 atom stereocenters. The second kappa shape index (κ2) is 17.0. The number of hydrogen-bond acceptors (Lipinski definition) is 0. The van der Waals surface area contributed by atoms with E-state index in [9.17, 15) is 0 Å². The quantitative estimate of drug-likeness (QED) is 0.505. The minimum atomic E-state index is 0. The Kier molecular flexibility index (Phi) is 123. The van der Waals surface area contributed by atoms with E-state index < -0.39 is 0 Å². The zero-order chi connectivity index (χ0) is 0. The summed E-state index contributed by atoms with van der Waals surface area (Å²) in [4.78, 5) is 0. The summed E-state index contributed by atoms with van der Waals surface area (Å²) < 4.78 is 0. The Bertz CT molecular complexity index is 8.00. The van der Waals surface area contributed by atoms with Crippen LogP contribution in [-0.4, -0.2) is 48.3 Å². The Balaban J connectivity index is 0. The minimum Gasteiger partial charge on any atom is 0 e. The topological polar surface area (TPSA) is 0 Å². The van der Waals surface area contributed by atoms with E-state index in [-0.39, 0.29) is 86.8 Å². The van der Waals surface area contributed by atoms with Crippen LogP contribution in [0, 0.1) is 0 Å². The maximum Gasteiger partial charge on any atom is 0 e. The smallest absolute Gasteiger partial charge is 0 e. The van der Waals surface area contributed by atoms with Crippen molar-refractivity contribution in [3.8, 4) is 0 Å². The molecule has 4 heavy (non-hydrogen) atoms. The maximum absolute atomic E-state index is 0. The third kappa shape index (κ3) is 8.85. The molecule has 0 aliphatic heterocycles. The largest absolute Gasteiger partial charge is 0 e. The van der Waals surface area contributed by atoms with Crippen molar-refractivity contribution in [2.24, 2.45) is 0 Å². The van der Waals surface area contributed by atoms with Crippen molar-refractivity contribution in [2.45, 2.75) is 0 Å². The normalized spacial score (nSPS) is 0. The fraction of sp³-hybridized carbons (Fsp3) is 0. The molecule has 8 radical (unpaired) electrons. The van der Waals surface area contributed by atoms with Gasteiger partial charge in [-0.2, -0.15) is 0 Å². The van der Waals surface area contributed by atoms with Gasteiger partial charge in [-0.15, -0.1) is 0 Å². The van der Waals surface area contributed by atoms with E-state index >= 15 is 0 Å². The first-order valence-electron chi connectivity index (χ1n) is 0. The van der Waals surface area contributed by atoms with E-state index in [1.165, 1.54) is 0 Å². The summed E-state index contributed by atoms with van der Waals surface area (Å²) in [5.41, 5.74) is 0. The van der Waals surface area contributed by atoms with Gasteiger partial charge in [-0.05, 0) is 0 Å². The number of rotatable bonds is 0. The molecule has 0 N–H and O–H groups in total. The van der Waals surface area contributed by atoms with Crippen LogP contribution in [0.25, 0.3) is 0 Å². The van der Waals surface area contributed by atoms with E-state index in [1.807, 2.05) is 0 Å². The van der Waals surface area contributed by atoms with Gasteiger partial charge < -0.3 is 0 Å². The van der Waals surface area contributed by atoms with Gasteiger partial charge in [-0.3, -0.25) is 0 Å². The summed E-state index contributed by atoms with van der Waals surface area (Å²) in [6, 6.07) is 0. The van der Waals surface area contributed by atoms with Gasteiger partial charge in [0.2, 0.25) is 0 Å². The van der Waals surface area contributed by atoms with Gasteiger partial charge in [-0.25, -0.2) is 0 Å². The van der Waals surface area contributed by atoms with E-state index in [2.05, 4.69) is 0 Å². The molecule has 22 valence electrons. The summed E-state index contributed by atoms with van der Waals surface area (Å²) in [6.45, 7) is 0. The maximum atomic E-state index is 0. The van der Waals surface area contributed by atoms with E-state index in [4.69, 9.17) is 0 Å². The van der Waals surface area contributed by atoms with Crippen molar-refractivity contribution in [1.82, 2.24) is 0 Å². The first kappa shape index (κ1) is 28.9. The van der Waals surface area contributed by atoms with Gasteiger partial charge >= 0.3 is 0 Å². The molecule has 0 unspecified atom stereocenters. The molecular formula is CoSbSnTi. The zero-order valence-electron chi connectivity index (χ0n) is 1.78. The molecule has 0 heterocycles. The predicted molar refractivity (Wildman–Crippen MR) is 11.5 cm³/mol. The average Bonchev–Trinajstić information content (AvgIpc) is 0. The van der Waals surface area contributed by atoms with Crippen LogP contribution in [0.4, 0.5) is 0 Å². The summed E-state index contributed by atoms with van der Waals surface area (Å²) in [5.74, 6) is 0. The average molecular weight is 347 g/mol. The first-order valence-corrected chi connectivity index (χ1v) is 0. The molecule has 0 rings (SSSR count). The Hall–Kier alpha value is 2.84. The number of hydrogen-bond donors (Lipinski definition) is 0. The summed E-state index contributed by atoms with van der Waals surface area (Å²) in [6.07, 6.45) is 0. The molecular weight excluding hydrogens is 347 g/mol. The van der Waals surface area contributed by atoms with Gasteiger partial charge in [0.05, 0.1) is 0 Å². The van der Waals surface area contributed by atoms with Crippen molar-refractivity contribution in [1.29, 1.82) is 0 Å². The van der Waals surface area contributed by atoms with Crippen LogP contribution >= 0.6 is 0 Å². The van der Waals surface area contributed by atoms with Crippen LogP contribution in [0.2, 0.25) is 0 Å². The molecule has 0 fully saturated rings. The molecule has 0 aliphatic carbocycles. The molecule has 0 bridgehead atoms. The Morgan fingerprint density at radius 3 is 1.00 bits per heavy atom. The van der Waals surface area contributed by atoms with Crippen LogP contribution in [0.15, 0.2) is 0 Å². The van der Waals surface area contributed by atoms with E-state index in [0.717, 1.165) is 0 Å². The molecule has 0 aromatic carbocycles. The molecule has 0 saturated heterocycles. The van der Waals surface area contributed by atoms with Crippen molar-refractivity contribution in [3.63, 3.8) is 0 Å². The fourth-order valence-electron chi connectivity index (χ4n) is 0. The van der Waals surface area contributed by atoms with Gasteiger partial charge in [0, 0.05) is 86.8 Å². The van der Waals surface area contributed by atoms with Crippen LogP contribution in [-0.2, 0) is 38.5 Å². The molecule has 0 spiro atoms. The Morgan fingerprint density at radius 1 is 1.00 bits per heavy atom. The first-order chi connectivity index (χ1) is 0. The standard InChI is InChI=1S/Co.Sb.Sn.Ti. The van der Waals surface area contributed by atoms with Crippen LogP contribution in [0.5, 0.6) is 0 Å². The molecule has 0 nitrogen and oxygen atoms in total. The van der Waals surface area contributed by atoms with Crippen molar-refractivity contribution in [2.75, 3.05) is 0 Å². The zero-order valence-corrected chi connectivity index (χ0v) is 9.79. The molecule has 4 heteroatoms. The molecule has 0 aromatic heterocycles. The van der Waals surface area contributed by atoms with Crippen molar-refractivity contribution < 1.29 is 38.5 Å².